The van der Waals surface area contributed by atoms with Crippen LogP contribution < -0.4 is 0 Å². The molecule has 0 spiro atoms. The molecule has 0 amide bonds. The number of aliphatic hydroxyl groups is 1. The number of allylic oxidation sites excluding steroid dienone is 12. The van der Waals surface area contributed by atoms with Gasteiger partial charge in [-0.15, -0.1) is 0 Å². The summed E-state index contributed by atoms with van der Waals surface area (Å²) < 4.78 is 10.7. The van der Waals surface area contributed by atoms with Crippen LogP contribution in [-0.4, -0.2) is 36.4 Å². The van der Waals surface area contributed by atoms with Crippen molar-refractivity contribution in [2.75, 3.05) is 13.2 Å². The van der Waals surface area contributed by atoms with Gasteiger partial charge in [-0.05, 0) is 83.5 Å². The van der Waals surface area contributed by atoms with Gasteiger partial charge in [0, 0.05) is 12.8 Å². The van der Waals surface area contributed by atoms with E-state index in [9.17, 15) is 14.7 Å². The fourth-order valence-corrected chi connectivity index (χ4v) is 9.29. The number of hydrogen-bond donors (Lipinski definition) is 1. The molecule has 0 aromatic rings. The molecule has 72 heavy (non-hydrogen) atoms. The zero-order valence-corrected chi connectivity index (χ0v) is 47.9. The van der Waals surface area contributed by atoms with Crippen molar-refractivity contribution in [1.29, 1.82) is 0 Å². The van der Waals surface area contributed by atoms with Gasteiger partial charge in [-0.25, -0.2) is 0 Å². The first-order valence-electron chi connectivity index (χ1n) is 31.5. The van der Waals surface area contributed by atoms with E-state index in [1.165, 1.54) is 225 Å². The monoisotopic (exact) mass is 1000 g/mol. The Balaban J connectivity index is 3.41. The zero-order chi connectivity index (χ0) is 52.0. The maximum Gasteiger partial charge on any atom is 0.306 e. The molecule has 0 aliphatic carbocycles. The van der Waals surface area contributed by atoms with E-state index in [-0.39, 0.29) is 25.2 Å². The summed E-state index contributed by atoms with van der Waals surface area (Å²) in [7, 11) is 0. The van der Waals surface area contributed by atoms with Crippen LogP contribution in [0.25, 0.3) is 0 Å². The van der Waals surface area contributed by atoms with E-state index in [4.69, 9.17) is 9.47 Å². The lowest BCUT2D eigenvalue weighted by Gasteiger charge is -2.15. The van der Waals surface area contributed by atoms with E-state index in [1.54, 1.807) is 0 Å². The summed E-state index contributed by atoms with van der Waals surface area (Å²) >= 11 is 0. The van der Waals surface area contributed by atoms with Gasteiger partial charge in [-0.3, -0.25) is 9.59 Å². The summed E-state index contributed by atoms with van der Waals surface area (Å²) in [5.74, 6) is -0.578. The summed E-state index contributed by atoms with van der Waals surface area (Å²) in [6.07, 6.45) is 86.3. The summed E-state index contributed by atoms with van der Waals surface area (Å²) in [6.45, 7) is 4.06. The lowest BCUT2D eigenvalue weighted by atomic mass is 10.0. The molecule has 1 atom stereocenters. The summed E-state index contributed by atoms with van der Waals surface area (Å²) in [5, 5.41) is 9.67. The fourth-order valence-electron chi connectivity index (χ4n) is 9.29. The van der Waals surface area contributed by atoms with Crippen molar-refractivity contribution in [3.63, 3.8) is 0 Å². The van der Waals surface area contributed by atoms with Gasteiger partial charge in [0.1, 0.15) is 6.61 Å². The van der Waals surface area contributed by atoms with E-state index < -0.39 is 6.10 Å². The van der Waals surface area contributed by atoms with Gasteiger partial charge in [-0.1, -0.05) is 299 Å². The van der Waals surface area contributed by atoms with Crippen LogP contribution in [0.1, 0.15) is 322 Å². The fraction of sp³-hybridized carbons (Fsp3) is 0.791. The first-order valence-corrected chi connectivity index (χ1v) is 31.5. The average molecular weight is 1010 g/mol. The summed E-state index contributed by atoms with van der Waals surface area (Å²) in [5.41, 5.74) is 0. The van der Waals surface area contributed by atoms with Crippen LogP contribution in [0, 0.1) is 0 Å². The minimum atomic E-state index is -0.772. The van der Waals surface area contributed by atoms with Gasteiger partial charge in [0.15, 0.2) is 6.10 Å². The van der Waals surface area contributed by atoms with Crippen molar-refractivity contribution in [2.45, 2.75) is 328 Å². The topological polar surface area (TPSA) is 72.8 Å². The van der Waals surface area contributed by atoms with Gasteiger partial charge in [0.05, 0.1) is 6.61 Å². The summed E-state index contributed by atoms with van der Waals surface area (Å²) in [4.78, 5) is 24.5. The summed E-state index contributed by atoms with van der Waals surface area (Å²) in [6, 6.07) is 0. The number of carbonyl (C=O) groups is 2. The van der Waals surface area contributed by atoms with Crippen LogP contribution >= 0.6 is 0 Å². The Hall–Kier alpha value is -2.66. The van der Waals surface area contributed by atoms with Crippen molar-refractivity contribution in [3.05, 3.63) is 72.9 Å². The molecule has 1 N–H and O–H groups in total. The number of rotatable bonds is 58. The molecule has 0 heterocycles. The third-order valence-corrected chi connectivity index (χ3v) is 14.0. The van der Waals surface area contributed by atoms with E-state index in [1.807, 2.05) is 0 Å². The molecule has 1 unspecified atom stereocenters. The second-order valence-electron chi connectivity index (χ2n) is 21.1. The maximum atomic E-state index is 12.3. The highest BCUT2D eigenvalue weighted by atomic mass is 16.6. The van der Waals surface area contributed by atoms with Crippen LogP contribution in [0.5, 0.6) is 0 Å². The zero-order valence-electron chi connectivity index (χ0n) is 47.9. The molecule has 0 aliphatic heterocycles. The largest absolute Gasteiger partial charge is 0.462 e. The molecule has 0 saturated heterocycles. The molecular weight excluding hydrogens is 885 g/mol. The van der Waals surface area contributed by atoms with Crippen LogP contribution in [0.3, 0.4) is 0 Å². The highest BCUT2D eigenvalue weighted by Gasteiger charge is 2.16. The standard InChI is InChI=1S/C67H120O5/c1-3-5-7-9-11-13-15-17-19-21-23-24-25-26-27-28-29-30-31-32-33-34-35-36-37-38-39-40-41-42-44-46-48-50-52-54-56-58-60-62-67(70)72-65(63-68)64-71-66(69)61-59-57-55-53-51-49-47-45-43-22-20-18-16-14-12-10-8-6-4-2/h5,7,11,13,17-20,23-24,26-27,65,68H,3-4,6,8-10,12,14-16,21-22,25,28-64H2,1-2H3/b7-5-,13-11-,19-17-,20-18-,24-23-,27-26-. The van der Waals surface area contributed by atoms with Crippen molar-refractivity contribution in [1.82, 2.24) is 0 Å². The molecule has 0 fully saturated rings. The Morgan fingerprint density at radius 2 is 0.597 bits per heavy atom. The molecule has 0 rings (SSSR count). The van der Waals surface area contributed by atoms with Crippen molar-refractivity contribution < 1.29 is 24.2 Å². The molecule has 0 radical (unpaired) electrons. The van der Waals surface area contributed by atoms with Crippen molar-refractivity contribution >= 4 is 11.9 Å². The Bertz CT molecular complexity index is 1270. The number of unbranched alkanes of at least 4 members (excludes halogenated alkanes) is 38. The molecule has 5 nitrogen and oxygen atoms in total. The Morgan fingerprint density at radius 1 is 0.333 bits per heavy atom. The number of ether oxygens (including phenoxy) is 2. The molecule has 5 heteroatoms. The highest BCUT2D eigenvalue weighted by Crippen LogP contribution is 2.17. The Kier molecular flexibility index (Phi) is 60.3. The van der Waals surface area contributed by atoms with Gasteiger partial charge < -0.3 is 14.6 Å². The second kappa shape index (κ2) is 62.6. The molecule has 0 aromatic heterocycles. The normalized spacial score (nSPS) is 12.7. The minimum Gasteiger partial charge on any atom is -0.462 e. The first kappa shape index (κ1) is 69.3. The highest BCUT2D eigenvalue weighted by molar-refractivity contribution is 5.70. The van der Waals surface area contributed by atoms with E-state index in [0.29, 0.717) is 12.8 Å². The number of esters is 2. The van der Waals surface area contributed by atoms with Gasteiger partial charge in [0.25, 0.3) is 0 Å². The molecule has 0 bridgehead atoms. The maximum absolute atomic E-state index is 12.3. The first-order chi connectivity index (χ1) is 35.6. The van der Waals surface area contributed by atoms with Gasteiger partial charge >= 0.3 is 11.9 Å². The smallest absolute Gasteiger partial charge is 0.306 e. The SMILES string of the molecule is CC/C=C\C/C=C\C/C=C\C/C=C\C/C=C\CCCCCCCCCCCCCCCCCCCCCCCCCC(=O)OC(CO)COC(=O)CCCCCCCCCCC/C=C\CCCCCCCC. The average Bonchev–Trinajstić information content (AvgIpc) is 3.38. The van der Waals surface area contributed by atoms with Crippen molar-refractivity contribution in [3.8, 4) is 0 Å². The molecule has 0 aromatic carbocycles. The van der Waals surface area contributed by atoms with Crippen LogP contribution in [0.2, 0.25) is 0 Å². The minimum absolute atomic E-state index is 0.0637. The third kappa shape index (κ3) is 59.9. The number of carbonyl (C=O) groups excluding carboxylic acids is 2. The predicted octanol–water partition coefficient (Wildman–Crippen LogP) is 21.5. The van der Waals surface area contributed by atoms with E-state index in [0.717, 1.165) is 70.6 Å². The molecule has 0 saturated carbocycles. The van der Waals surface area contributed by atoms with Crippen LogP contribution in [0.4, 0.5) is 0 Å². The Labute approximate surface area is 448 Å². The number of hydrogen-bond acceptors (Lipinski definition) is 5. The number of aliphatic hydroxyl groups excluding tert-OH is 1. The van der Waals surface area contributed by atoms with E-state index >= 15 is 0 Å². The van der Waals surface area contributed by atoms with E-state index in [2.05, 4.69) is 86.8 Å². The van der Waals surface area contributed by atoms with Gasteiger partial charge in [0.2, 0.25) is 0 Å². The lowest BCUT2D eigenvalue weighted by molar-refractivity contribution is -0.161. The molecular formula is C67H120O5. The van der Waals surface area contributed by atoms with Crippen LogP contribution in [0.15, 0.2) is 72.9 Å². The van der Waals surface area contributed by atoms with Gasteiger partial charge in [-0.2, -0.15) is 0 Å². The lowest BCUT2D eigenvalue weighted by Crippen LogP contribution is -2.28. The quantitative estimate of drug-likeness (QED) is 0.0373. The van der Waals surface area contributed by atoms with Crippen molar-refractivity contribution in [2.24, 2.45) is 0 Å². The van der Waals surface area contributed by atoms with Crippen LogP contribution in [-0.2, 0) is 19.1 Å². The predicted molar refractivity (Wildman–Crippen MR) is 316 cm³/mol. The Morgan fingerprint density at radius 3 is 0.917 bits per heavy atom. The third-order valence-electron chi connectivity index (χ3n) is 14.0. The molecule has 0 aliphatic rings. The second-order valence-corrected chi connectivity index (χ2v) is 21.1. The molecule has 418 valence electrons.